The summed E-state index contributed by atoms with van der Waals surface area (Å²) in [6.07, 6.45) is 0. The van der Waals surface area contributed by atoms with E-state index in [1.807, 2.05) is 18.2 Å². The van der Waals surface area contributed by atoms with Crippen LogP contribution in [0.3, 0.4) is 0 Å². The van der Waals surface area contributed by atoms with Crippen molar-refractivity contribution in [3.8, 4) is 23.0 Å². The zero-order valence-corrected chi connectivity index (χ0v) is 17.2. The Morgan fingerprint density at radius 1 is 0.964 bits per heavy atom. The number of hydrogen-bond donors (Lipinski definition) is 1. The Morgan fingerprint density at radius 2 is 1.64 bits per heavy atom. The number of benzene rings is 2. The van der Waals surface area contributed by atoms with Crippen molar-refractivity contribution in [1.29, 1.82) is 0 Å². The number of methoxy groups -OCH3 is 4. The van der Waals surface area contributed by atoms with Gasteiger partial charge in [0.25, 0.3) is 0 Å². The number of hydrogen-bond acceptors (Lipinski definition) is 6. The van der Waals surface area contributed by atoms with Crippen molar-refractivity contribution in [3.05, 3.63) is 42.0 Å². The number of thioether (sulfide) groups is 1. The van der Waals surface area contributed by atoms with Crippen molar-refractivity contribution >= 4 is 23.5 Å². The molecule has 1 aliphatic rings. The number of carbonyl (C=O) groups excluding carboxylic acids is 1. The second-order valence-electron chi connectivity index (χ2n) is 6.06. The number of carbonyl (C=O) groups is 1. The van der Waals surface area contributed by atoms with Gasteiger partial charge in [0.1, 0.15) is 28.4 Å². The molecule has 0 saturated carbocycles. The van der Waals surface area contributed by atoms with Crippen LogP contribution in [0.25, 0.3) is 0 Å². The summed E-state index contributed by atoms with van der Waals surface area (Å²) in [4.78, 5) is 14.8. The van der Waals surface area contributed by atoms with E-state index in [0.29, 0.717) is 35.2 Å². The van der Waals surface area contributed by atoms with Gasteiger partial charge in [0.05, 0.1) is 34.1 Å². The fraction of sp³-hybridized carbons (Fsp3) is 0.350. The van der Waals surface area contributed by atoms with Gasteiger partial charge in [-0.2, -0.15) is 0 Å². The van der Waals surface area contributed by atoms with E-state index in [0.717, 1.165) is 11.3 Å². The average Bonchev–Trinajstić information content (AvgIpc) is 3.23. The molecule has 150 valence electrons. The predicted molar refractivity (Wildman–Crippen MR) is 110 cm³/mol. The molecular weight excluding hydrogens is 380 g/mol. The molecule has 0 spiro atoms. The maximum Gasteiger partial charge on any atom is 0.323 e. The lowest BCUT2D eigenvalue weighted by Gasteiger charge is -2.25. The molecule has 1 atom stereocenters. The first-order valence-corrected chi connectivity index (χ1v) is 9.78. The van der Waals surface area contributed by atoms with Gasteiger partial charge in [-0.3, -0.25) is 0 Å². The first-order chi connectivity index (χ1) is 13.6. The highest BCUT2D eigenvalue weighted by molar-refractivity contribution is 7.99. The number of ether oxygens (including phenoxy) is 4. The topological polar surface area (TPSA) is 69.3 Å². The second-order valence-corrected chi connectivity index (χ2v) is 7.25. The third-order valence-corrected chi connectivity index (χ3v) is 5.72. The summed E-state index contributed by atoms with van der Waals surface area (Å²) in [7, 11) is 6.37. The molecule has 1 N–H and O–H groups in total. The highest BCUT2D eigenvalue weighted by atomic mass is 32.2. The summed E-state index contributed by atoms with van der Waals surface area (Å²) in [5.41, 5.74) is 1.54. The van der Waals surface area contributed by atoms with E-state index >= 15 is 0 Å². The molecule has 1 heterocycles. The second kappa shape index (κ2) is 8.97. The van der Waals surface area contributed by atoms with Crippen molar-refractivity contribution in [1.82, 2.24) is 4.90 Å². The maximum atomic E-state index is 13.0. The van der Waals surface area contributed by atoms with Crippen LogP contribution in [-0.4, -0.2) is 51.7 Å². The zero-order valence-electron chi connectivity index (χ0n) is 16.4. The van der Waals surface area contributed by atoms with Crippen LogP contribution >= 0.6 is 11.8 Å². The molecule has 7 nitrogen and oxygen atoms in total. The van der Waals surface area contributed by atoms with E-state index in [-0.39, 0.29) is 11.4 Å². The van der Waals surface area contributed by atoms with Gasteiger partial charge < -0.3 is 29.2 Å². The molecule has 8 heteroatoms. The van der Waals surface area contributed by atoms with Crippen LogP contribution < -0.4 is 24.3 Å². The Hall–Kier alpha value is -2.74. The molecule has 2 aromatic rings. The van der Waals surface area contributed by atoms with Gasteiger partial charge >= 0.3 is 6.03 Å². The van der Waals surface area contributed by atoms with Gasteiger partial charge in [-0.15, -0.1) is 11.8 Å². The van der Waals surface area contributed by atoms with E-state index in [4.69, 9.17) is 18.9 Å². The Morgan fingerprint density at radius 3 is 2.25 bits per heavy atom. The molecule has 0 aromatic heterocycles. The molecule has 0 bridgehead atoms. The molecule has 0 radical (unpaired) electrons. The van der Waals surface area contributed by atoms with Gasteiger partial charge in [-0.1, -0.05) is 0 Å². The Kier molecular flexibility index (Phi) is 6.41. The molecule has 2 amide bonds. The number of nitrogens with zero attached hydrogens (tertiary/aromatic N) is 1. The van der Waals surface area contributed by atoms with E-state index in [1.165, 1.54) is 0 Å². The van der Waals surface area contributed by atoms with Gasteiger partial charge in [-0.25, -0.2) is 4.79 Å². The molecule has 0 unspecified atom stereocenters. The van der Waals surface area contributed by atoms with Crippen molar-refractivity contribution in [2.45, 2.75) is 5.37 Å². The fourth-order valence-electron chi connectivity index (χ4n) is 3.01. The number of amides is 2. The number of nitrogens with one attached hydrogen (secondary N) is 1. The molecule has 1 fully saturated rings. The number of urea groups is 1. The minimum Gasteiger partial charge on any atom is -0.497 e. The van der Waals surface area contributed by atoms with E-state index in [9.17, 15) is 4.79 Å². The maximum absolute atomic E-state index is 13.0. The largest absolute Gasteiger partial charge is 0.497 e. The van der Waals surface area contributed by atoms with Crippen molar-refractivity contribution < 1.29 is 23.7 Å². The van der Waals surface area contributed by atoms with Crippen molar-refractivity contribution in [2.75, 3.05) is 46.1 Å². The van der Waals surface area contributed by atoms with E-state index < -0.39 is 0 Å². The smallest absolute Gasteiger partial charge is 0.323 e. The third kappa shape index (κ3) is 4.22. The number of anilines is 1. The van der Waals surface area contributed by atoms with Crippen LogP contribution in [-0.2, 0) is 0 Å². The van der Waals surface area contributed by atoms with Gasteiger partial charge in [0.15, 0.2) is 0 Å². The summed E-state index contributed by atoms with van der Waals surface area (Å²) in [6, 6.07) is 10.8. The molecule has 3 rings (SSSR count). The monoisotopic (exact) mass is 404 g/mol. The normalized spacial score (nSPS) is 15.9. The highest BCUT2D eigenvalue weighted by Gasteiger charge is 2.32. The molecule has 0 aliphatic carbocycles. The summed E-state index contributed by atoms with van der Waals surface area (Å²) >= 11 is 1.70. The van der Waals surface area contributed by atoms with Gasteiger partial charge in [-0.05, 0) is 29.8 Å². The van der Waals surface area contributed by atoms with Crippen LogP contribution in [0.1, 0.15) is 10.9 Å². The molecule has 28 heavy (non-hydrogen) atoms. The SMILES string of the molecule is COc1cc(OC)cc([C@H]2SCCN2C(=O)Nc2ccc(OC)cc2OC)c1. The van der Waals surface area contributed by atoms with Crippen LogP contribution in [0.5, 0.6) is 23.0 Å². The Bertz CT molecular complexity index is 823. The zero-order chi connectivity index (χ0) is 20.1. The van der Waals surface area contributed by atoms with Gasteiger partial charge in [0, 0.05) is 24.4 Å². The van der Waals surface area contributed by atoms with E-state index in [2.05, 4.69) is 5.32 Å². The van der Waals surface area contributed by atoms with Crippen molar-refractivity contribution in [2.24, 2.45) is 0 Å². The summed E-state index contributed by atoms with van der Waals surface area (Å²) in [5, 5.41) is 2.81. The van der Waals surface area contributed by atoms with Crippen LogP contribution in [0.2, 0.25) is 0 Å². The van der Waals surface area contributed by atoms with Crippen LogP contribution in [0, 0.1) is 0 Å². The first-order valence-electron chi connectivity index (χ1n) is 8.73. The average molecular weight is 404 g/mol. The standard InChI is InChI=1S/C20H24N2O5S/c1-24-14-5-6-17(18(12-14)27-4)21-20(23)22-7-8-28-19(22)13-9-15(25-2)11-16(10-13)26-3/h5-6,9-12,19H,7-8H2,1-4H3,(H,21,23)/t19-/m1/s1. The first kappa shape index (κ1) is 20.0. The minimum atomic E-state index is -0.194. The lowest BCUT2D eigenvalue weighted by molar-refractivity contribution is 0.214. The van der Waals surface area contributed by atoms with E-state index in [1.54, 1.807) is 63.3 Å². The Labute approximate surface area is 168 Å². The fourth-order valence-corrected chi connectivity index (χ4v) is 4.25. The van der Waals surface area contributed by atoms with Crippen molar-refractivity contribution in [3.63, 3.8) is 0 Å². The quantitative estimate of drug-likeness (QED) is 0.785. The molecule has 1 aliphatic heterocycles. The van der Waals surface area contributed by atoms with Crippen LogP contribution in [0.15, 0.2) is 36.4 Å². The highest BCUT2D eigenvalue weighted by Crippen LogP contribution is 2.41. The Balaban J connectivity index is 1.82. The summed E-state index contributed by atoms with van der Waals surface area (Å²) in [6.45, 7) is 0.638. The molecule has 2 aromatic carbocycles. The minimum absolute atomic E-state index is 0.131. The third-order valence-electron chi connectivity index (χ3n) is 4.46. The molecule has 1 saturated heterocycles. The molecular formula is C20H24N2O5S. The lowest BCUT2D eigenvalue weighted by Crippen LogP contribution is -2.34. The van der Waals surface area contributed by atoms with Gasteiger partial charge in [0.2, 0.25) is 0 Å². The lowest BCUT2D eigenvalue weighted by atomic mass is 10.2. The summed E-state index contributed by atoms with van der Waals surface area (Å²) in [5.74, 6) is 3.43. The summed E-state index contributed by atoms with van der Waals surface area (Å²) < 4.78 is 21.3. The van der Waals surface area contributed by atoms with Crippen LogP contribution in [0.4, 0.5) is 10.5 Å². The predicted octanol–water partition coefficient (Wildman–Crippen LogP) is 4.00. The number of rotatable bonds is 6.